The summed E-state index contributed by atoms with van der Waals surface area (Å²) in [7, 11) is 0. The quantitative estimate of drug-likeness (QED) is 0.550. The number of hydrogen-bond acceptors (Lipinski definition) is 4. The van der Waals surface area contributed by atoms with Crippen LogP contribution in [0.1, 0.15) is 17.8 Å². The van der Waals surface area contributed by atoms with Crippen molar-refractivity contribution in [2.45, 2.75) is 13.0 Å². The summed E-state index contributed by atoms with van der Waals surface area (Å²) in [4.78, 5) is 11.5. The maximum Gasteiger partial charge on any atom is 0.271 e. The lowest BCUT2D eigenvalue weighted by Crippen LogP contribution is -2.05. The summed E-state index contributed by atoms with van der Waals surface area (Å²) in [6.07, 6.45) is 0. The molecule has 19 heavy (non-hydrogen) atoms. The van der Waals surface area contributed by atoms with E-state index in [1.165, 1.54) is 12.1 Å². The van der Waals surface area contributed by atoms with E-state index < -0.39 is 4.92 Å². The zero-order valence-electron chi connectivity index (χ0n) is 9.89. The summed E-state index contributed by atoms with van der Waals surface area (Å²) in [5, 5.41) is 14.1. The van der Waals surface area contributed by atoms with Gasteiger partial charge in [0.1, 0.15) is 0 Å². The molecule has 4 nitrogen and oxygen atoms in total. The van der Waals surface area contributed by atoms with E-state index in [4.69, 9.17) is 0 Å². The van der Waals surface area contributed by atoms with E-state index in [0.717, 1.165) is 13.1 Å². The molecule has 0 radical (unpaired) electrons. The van der Waals surface area contributed by atoms with Gasteiger partial charge in [-0.25, -0.2) is 0 Å². The van der Waals surface area contributed by atoms with Crippen molar-refractivity contribution in [2.24, 2.45) is 0 Å². The van der Waals surface area contributed by atoms with E-state index in [0.29, 0.717) is 5.69 Å². The molecular formula is C12H10Br2N2O2S. The molecule has 1 aromatic heterocycles. The number of nitro groups is 1. The lowest BCUT2D eigenvalue weighted by atomic mass is 10.2. The lowest BCUT2D eigenvalue weighted by Gasteiger charge is -2.14. The minimum Gasteiger partial charge on any atom is -0.377 e. The second-order valence-electron chi connectivity index (χ2n) is 3.93. The van der Waals surface area contributed by atoms with Gasteiger partial charge >= 0.3 is 0 Å². The standard InChI is InChI=1S/C12H10Br2N2O2S/c1-7(11-4-5-12(14)19-11)15-10-6-8(16(17)18)2-3-9(10)13/h2-7,15H,1H3. The fraction of sp³-hybridized carbons (Fsp3) is 0.167. The maximum atomic E-state index is 10.8. The third kappa shape index (κ3) is 3.55. The van der Waals surface area contributed by atoms with Crippen molar-refractivity contribution < 1.29 is 4.92 Å². The Hall–Kier alpha value is -0.920. The highest BCUT2D eigenvalue weighted by atomic mass is 79.9. The highest BCUT2D eigenvalue weighted by Gasteiger charge is 2.13. The summed E-state index contributed by atoms with van der Waals surface area (Å²) in [5.74, 6) is 0. The molecule has 1 heterocycles. The SMILES string of the molecule is CC(Nc1cc([N+](=O)[O-])ccc1Br)c1ccc(Br)s1. The highest BCUT2D eigenvalue weighted by molar-refractivity contribution is 9.11. The largest absolute Gasteiger partial charge is 0.377 e. The van der Waals surface area contributed by atoms with Gasteiger partial charge in [0.2, 0.25) is 0 Å². The number of halogens is 2. The molecule has 0 fully saturated rings. The van der Waals surface area contributed by atoms with E-state index in [9.17, 15) is 10.1 Å². The van der Waals surface area contributed by atoms with Gasteiger partial charge in [0.05, 0.1) is 20.4 Å². The first-order valence-corrected chi connectivity index (χ1v) is 7.83. The van der Waals surface area contributed by atoms with Crippen molar-refractivity contribution in [3.63, 3.8) is 0 Å². The number of rotatable bonds is 4. The Morgan fingerprint density at radius 3 is 2.63 bits per heavy atom. The maximum absolute atomic E-state index is 10.8. The van der Waals surface area contributed by atoms with Crippen molar-refractivity contribution in [3.05, 3.63) is 53.6 Å². The number of anilines is 1. The van der Waals surface area contributed by atoms with Crippen molar-refractivity contribution in [1.29, 1.82) is 0 Å². The number of nitro benzene ring substituents is 1. The second kappa shape index (κ2) is 6.02. The third-order valence-corrected chi connectivity index (χ3v) is 5.05. The van der Waals surface area contributed by atoms with Crippen LogP contribution >= 0.6 is 43.2 Å². The number of hydrogen-bond donors (Lipinski definition) is 1. The molecule has 7 heteroatoms. The Kier molecular flexibility index (Phi) is 4.59. The third-order valence-electron chi connectivity index (χ3n) is 2.55. The van der Waals surface area contributed by atoms with Crippen molar-refractivity contribution in [1.82, 2.24) is 0 Å². The first-order valence-electron chi connectivity index (χ1n) is 5.43. The average Bonchev–Trinajstić information content (AvgIpc) is 2.78. The van der Waals surface area contributed by atoms with Gasteiger partial charge in [-0.05, 0) is 57.0 Å². The van der Waals surface area contributed by atoms with Crippen LogP contribution in [0.4, 0.5) is 11.4 Å². The van der Waals surface area contributed by atoms with E-state index in [1.54, 1.807) is 17.4 Å². The molecule has 1 N–H and O–H groups in total. The minimum atomic E-state index is -0.399. The Morgan fingerprint density at radius 2 is 2.05 bits per heavy atom. The van der Waals surface area contributed by atoms with E-state index in [1.807, 2.05) is 19.1 Å². The van der Waals surface area contributed by atoms with Gasteiger partial charge in [-0.1, -0.05) is 0 Å². The van der Waals surface area contributed by atoms with Crippen LogP contribution in [0.25, 0.3) is 0 Å². The summed E-state index contributed by atoms with van der Waals surface area (Å²) >= 11 is 8.45. The molecule has 0 bridgehead atoms. The van der Waals surface area contributed by atoms with Gasteiger partial charge in [0.15, 0.2) is 0 Å². The molecule has 0 spiro atoms. The van der Waals surface area contributed by atoms with Gasteiger partial charge in [0, 0.05) is 21.5 Å². The van der Waals surface area contributed by atoms with Crippen LogP contribution in [0, 0.1) is 10.1 Å². The Bertz CT molecular complexity index is 616. The molecule has 0 aliphatic carbocycles. The predicted molar refractivity (Wildman–Crippen MR) is 84.9 cm³/mol. The van der Waals surface area contributed by atoms with Crippen LogP contribution in [0.5, 0.6) is 0 Å². The van der Waals surface area contributed by atoms with Gasteiger partial charge in [0.25, 0.3) is 5.69 Å². The van der Waals surface area contributed by atoms with Crippen LogP contribution in [0.3, 0.4) is 0 Å². The summed E-state index contributed by atoms with van der Waals surface area (Å²) < 4.78 is 1.87. The topological polar surface area (TPSA) is 55.2 Å². The summed E-state index contributed by atoms with van der Waals surface area (Å²) in [6, 6.07) is 8.77. The van der Waals surface area contributed by atoms with E-state index in [-0.39, 0.29) is 11.7 Å². The number of thiophene rings is 1. The van der Waals surface area contributed by atoms with E-state index >= 15 is 0 Å². The smallest absolute Gasteiger partial charge is 0.271 e. The van der Waals surface area contributed by atoms with Gasteiger partial charge in [-0.2, -0.15) is 0 Å². The van der Waals surface area contributed by atoms with Crippen LogP contribution in [0.15, 0.2) is 38.6 Å². The normalized spacial score (nSPS) is 12.2. The molecule has 0 aliphatic rings. The van der Waals surface area contributed by atoms with Crippen molar-refractivity contribution in [2.75, 3.05) is 5.32 Å². The molecule has 0 saturated heterocycles. The fourth-order valence-electron chi connectivity index (χ4n) is 1.60. The van der Waals surface area contributed by atoms with Gasteiger partial charge in [-0.15, -0.1) is 11.3 Å². The fourth-order valence-corrected chi connectivity index (χ4v) is 3.39. The molecule has 1 atom stereocenters. The van der Waals surface area contributed by atoms with Crippen molar-refractivity contribution in [3.8, 4) is 0 Å². The Balaban J connectivity index is 2.22. The number of benzene rings is 1. The molecule has 0 saturated carbocycles. The number of nitrogens with one attached hydrogen (secondary N) is 1. The Labute approximate surface area is 131 Å². The number of nitrogens with zero attached hydrogens (tertiary/aromatic N) is 1. The molecule has 2 rings (SSSR count). The van der Waals surface area contributed by atoms with E-state index in [2.05, 4.69) is 37.2 Å². The van der Waals surface area contributed by atoms with Crippen LogP contribution in [0.2, 0.25) is 0 Å². The molecule has 0 aliphatic heterocycles. The number of non-ortho nitro benzene ring substituents is 1. The Morgan fingerprint density at radius 1 is 1.32 bits per heavy atom. The zero-order valence-corrected chi connectivity index (χ0v) is 13.9. The second-order valence-corrected chi connectivity index (χ2v) is 7.28. The molecule has 100 valence electrons. The van der Waals surface area contributed by atoms with Crippen molar-refractivity contribution >= 4 is 54.6 Å². The average molecular weight is 406 g/mol. The van der Waals surface area contributed by atoms with Gasteiger partial charge < -0.3 is 5.32 Å². The molecule has 1 unspecified atom stereocenters. The van der Waals surface area contributed by atoms with Crippen LogP contribution in [-0.2, 0) is 0 Å². The molecule has 2 aromatic rings. The lowest BCUT2D eigenvalue weighted by molar-refractivity contribution is -0.384. The van der Waals surface area contributed by atoms with Crippen LogP contribution < -0.4 is 5.32 Å². The molecule has 0 amide bonds. The minimum absolute atomic E-state index is 0.0743. The molecule has 1 aromatic carbocycles. The van der Waals surface area contributed by atoms with Crippen LogP contribution in [-0.4, -0.2) is 4.92 Å². The monoisotopic (exact) mass is 404 g/mol. The zero-order chi connectivity index (χ0) is 14.0. The first kappa shape index (κ1) is 14.5. The summed E-state index contributed by atoms with van der Waals surface area (Å²) in [6.45, 7) is 2.02. The molecular weight excluding hydrogens is 396 g/mol. The predicted octanol–water partition coefficient (Wildman–Crippen LogP) is 5.35. The van der Waals surface area contributed by atoms with Gasteiger partial charge in [-0.3, -0.25) is 10.1 Å². The highest BCUT2D eigenvalue weighted by Crippen LogP contribution is 2.33. The first-order chi connectivity index (χ1) is 8.97. The summed E-state index contributed by atoms with van der Waals surface area (Å²) in [5.41, 5.74) is 0.788.